The van der Waals surface area contributed by atoms with Gasteiger partial charge in [-0.05, 0) is 49.8 Å². The first-order valence-electron chi connectivity index (χ1n) is 7.64. The lowest BCUT2D eigenvalue weighted by molar-refractivity contribution is 0.101. The lowest BCUT2D eigenvalue weighted by atomic mass is 10.2. The minimum Gasteiger partial charge on any atom is -0.295 e. The molecule has 1 heterocycles. The highest BCUT2D eigenvalue weighted by molar-refractivity contribution is 7.89. The van der Waals surface area contributed by atoms with Crippen molar-refractivity contribution in [2.24, 2.45) is 0 Å². The molecule has 1 aromatic carbocycles. The van der Waals surface area contributed by atoms with E-state index in [1.807, 2.05) is 17.5 Å². The Bertz CT molecular complexity index is 793. The predicted octanol–water partition coefficient (Wildman–Crippen LogP) is 3.35. The van der Waals surface area contributed by atoms with E-state index in [4.69, 9.17) is 0 Å². The minimum absolute atomic E-state index is 0.0981. The predicted molar refractivity (Wildman–Crippen MR) is 91.4 cm³/mol. The van der Waals surface area contributed by atoms with E-state index in [0.29, 0.717) is 12.1 Å². The van der Waals surface area contributed by atoms with Crippen molar-refractivity contribution in [1.29, 1.82) is 0 Å². The lowest BCUT2D eigenvalue weighted by Gasteiger charge is -2.22. The standard InChI is InChI=1S/C17H19NO3S2/c1-13(19)14-4-2-6-17(12-14)23(20,21)18(15-7-8-15)10-9-16-5-3-11-22-16/h2-6,11-12,15H,7-10H2,1H3. The third kappa shape index (κ3) is 3.71. The molecule has 1 aliphatic rings. The van der Waals surface area contributed by atoms with Gasteiger partial charge in [-0.25, -0.2) is 8.42 Å². The van der Waals surface area contributed by atoms with Crippen molar-refractivity contribution in [2.45, 2.75) is 37.1 Å². The zero-order valence-corrected chi connectivity index (χ0v) is 14.6. The summed E-state index contributed by atoms with van der Waals surface area (Å²) in [6, 6.07) is 10.4. The number of hydrogen-bond donors (Lipinski definition) is 0. The molecule has 23 heavy (non-hydrogen) atoms. The second-order valence-corrected chi connectivity index (χ2v) is 8.68. The summed E-state index contributed by atoms with van der Waals surface area (Å²) in [5, 5.41) is 2.00. The molecule has 0 unspecified atom stereocenters. The molecule has 6 heteroatoms. The largest absolute Gasteiger partial charge is 0.295 e. The van der Waals surface area contributed by atoms with Gasteiger partial charge in [-0.15, -0.1) is 11.3 Å². The summed E-state index contributed by atoms with van der Waals surface area (Å²) >= 11 is 1.64. The Morgan fingerprint density at radius 1 is 1.26 bits per heavy atom. The van der Waals surface area contributed by atoms with E-state index in [2.05, 4.69) is 0 Å². The van der Waals surface area contributed by atoms with Crippen LogP contribution in [-0.2, 0) is 16.4 Å². The Hall–Kier alpha value is -1.50. The Balaban J connectivity index is 1.85. The SMILES string of the molecule is CC(=O)c1cccc(S(=O)(=O)N(CCc2cccs2)C2CC2)c1. The number of benzene rings is 1. The van der Waals surface area contributed by atoms with E-state index in [9.17, 15) is 13.2 Å². The molecule has 1 fully saturated rings. The zero-order chi connectivity index (χ0) is 16.4. The van der Waals surface area contributed by atoms with Crippen molar-refractivity contribution in [3.05, 3.63) is 52.2 Å². The Labute approximate surface area is 140 Å². The number of Topliss-reactive ketones (excluding diaryl/α,β-unsaturated/α-hetero) is 1. The third-order valence-corrected chi connectivity index (χ3v) is 6.84. The van der Waals surface area contributed by atoms with Gasteiger partial charge in [-0.3, -0.25) is 4.79 Å². The average Bonchev–Trinajstić information content (AvgIpc) is 3.22. The molecule has 0 N–H and O–H groups in total. The Morgan fingerprint density at radius 3 is 2.65 bits per heavy atom. The molecule has 1 aliphatic carbocycles. The molecule has 1 aromatic heterocycles. The monoisotopic (exact) mass is 349 g/mol. The molecule has 4 nitrogen and oxygen atoms in total. The van der Waals surface area contributed by atoms with Gasteiger partial charge in [0.1, 0.15) is 0 Å². The van der Waals surface area contributed by atoms with E-state index in [1.54, 1.807) is 33.8 Å². The molecule has 0 radical (unpaired) electrons. The van der Waals surface area contributed by atoms with Crippen molar-refractivity contribution in [3.63, 3.8) is 0 Å². The van der Waals surface area contributed by atoms with Gasteiger partial charge in [0.15, 0.2) is 5.78 Å². The summed E-state index contributed by atoms with van der Waals surface area (Å²) in [6.45, 7) is 1.93. The zero-order valence-electron chi connectivity index (χ0n) is 12.9. The average molecular weight is 349 g/mol. The highest BCUT2D eigenvalue weighted by Gasteiger charge is 2.37. The van der Waals surface area contributed by atoms with Crippen LogP contribution in [0.5, 0.6) is 0 Å². The highest BCUT2D eigenvalue weighted by atomic mass is 32.2. The second kappa shape index (κ2) is 6.55. The first-order valence-corrected chi connectivity index (χ1v) is 9.95. The van der Waals surface area contributed by atoms with Crippen molar-refractivity contribution in [3.8, 4) is 0 Å². The van der Waals surface area contributed by atoms with E-state index in [0.717, 1.165) is 19.3 Å². The molecule has 122 valence electrons. The van der Waals surface area contributed by atoms with Crippen LogP contribution in [0.15, 0.2) is 46.7 Å². The summed E-state index contributed by atoms with van der Waals surface area (Å²) in [5.41, 5.74) is 0.431. The fraction of sp³-hybridized carbons (Fsp3) is 0.353. The summed E-state index contributed by atoms with van der Waals surface area (Å²) < 4.78 is 27.5. The van der Waals surface area contributed by atoms with E-state index in [1.165, 1.54) is 17.9 Å². The molecule has 0 bridgehead atoms. The van der Waals surface area contributed by atoms with Crippen LogP contribution in [0.2, 0.25) is 0 Å². The first-order chi connectivity index (χ1) is 11.0. The fourth-order valence-corrected chi connectivity index (χ4v) is 4.98. The minimum atomic E-state index is -3.56. The lowest BCUT2D eigenvalue weighted by Crippen LogP contribution is -2.35. The molecule has 2 aromatic rings. The maximum Gasteiger partial charge on any atom is 0.243 e. The molecule has 0 aliphatic heterocycles. The summed E-state index contributed by atoms with van der Waals surface area (Å²) in [5.74, 6) is -0.126. The van der Waals surface area contributed by atoms with Crippen molar-refractivity contribution in [2.75, 3.05) is 6.54 Å². The van der Waals surface area contributed by atoms with Gasteiger partial charge < -0.3 is 0 Å². The Morgan fingerprint density at radius 2 is 2.04 bits per heavy atom. The molecule has 0 atom stereocenters. The van der Waals surface area contributed by atoms with E-state index in [-0.39, 0.29) is 16.7 Å². The number of sulfonamides is 1. The van der Waals surface area contributed by atoms with Crippen LogP contribution in [0, 0.1) is 0 Å². The van der Waals surface area contributed by atoms with Crippen LogP contribution in [0.1, 0.15) is 35.0 Å². The number of carbonyl (C=O) groups excluding carboxylic acids is 1. The highest BCUT2D eigenvalue weighted by Crippen LogP contribution is 2.32. The summed E-state index contributed by atoms with van der Waals surface area (Å²) in [6.07, 6.45) is 2.55. The first kappa shape index (κ1) is 16.4. The van der Waals surface area contributed by atoms with Crippen molar-refractivity contribution < 1.29 is 13.2 Å². The second-order valence-electron chi connectivity index (χ2n) is 5.76. The van der Waals surface area contributed by atoms with E-state index >= 15 is 0 Å². The van der Waals surface area contributed by atoms with Crippen LogP contribution >= 0.6 is 11.3 Å². The van der Waals surface area contributed by atoms with Gasteiger partial charge in [0.2, 0.25) is 10.0 Å². The number of hydrogen-bond acceptors (Lipinski definition) is 4. The molecule has 0 amide bonds. The third-order valence-electron chi connectivity index (χ3n) is 3.96. The fourth-order valence-electron chi connectivity index (χ4n) is 2.55. The van der Waals surface area contributed by atoms with Gasteiger partial charge >= 0.3 is 0 Å². The smallest absolute Gasteiger partial charge is 0.243 e. The van der Waals surface area contributed by atoms with Crippen LogP contribution in [0.4, 0.5) is 0 Å². The van der Waals surface area contributed by atoms with Gasteiger partial charge in [0.25, 0.3) is 0 Å². The van der Waals surface area contributed by atoms with Crippen LogP contribution in [0.3, 0.4) is 0 Å². The number of rotatable bonds is 7. The maximum absolute atomic E-state index is 13.0. The van der Waals surface area contributed by atoms with Gasteiger partial charge in [0.05, 0.1) is 4.90 Å². The summed E-state index contributed by atoms with van der Waals surface area (Å²) in [4.78, 5) is 12.9. The quantitative estimate of drug-likeness (QED) is 0.720. The van der Waals surface area contributed by atoms with Crippen LogP contribution < -0.4 is 0 Å². The van der Waals surface area contributed by atoms with Gasteiger partial charge in [-0.2, -0.15) is 4.31 Å². The van der Waals surface area contributed by atoms with Crippen molar-refractivity contribution >= 4 is 27.1 Å². The molecule has 3 rings (SSSR count). The number of nitrogens with zero attached hydrogens (tertiary/aromatic N) is 1. The normalized spacial score (nSPS) is 15.0. The number of ketones is 1. The van der Waals surface area contributed by atoms with Gasteiger partial charge in [0, 0.05) is 23.0 Å². The molecular formula is C17H19NO3S2. The Kier molecular flexibility index (Phi) is 4.66. The van der Waals surface area contributed by atoms with Crippen LogP contribution in [0.25, 0.3) is 0 Å². The van der Waals surface area contributed by atoms with Gasteiger partial charge in [-0.1, -0.05) is 18.2 Å². The van der Waals surface area contributed by atoms with Crippen LogP contribution in [-0.4, -0.2) is 31.1 Å². The molecule has 0 saturated heterocycles. The number of thiophene rings is 1. The topological polar surface area (TPSA) is 54.5 Å². The van der Waals surface area contributed by atoms with E-state index < -0.39 is 10.0 Å². The molecule has 0 spiro atoms. The number of carbonyl (C=O) groups is 1. The molecule has 1 saturated carbocycles. The maximum atomic E-state index is 13.0. The summed E-state index contributed by atoms with van der Waals surface area (Å²) in [7, 11) is -3.56. The molecular weight excluding hydrogens is 330 g/mol. The van der Waals surface area contributed by atoms with Crippen molar-refractivity contribution in [1.82, 2.24) is 4.31 Å².